The van der Waals surface area contributed by atoms with Crippen molar-refractivity contribution in [3.8, 4) is 11.5 Å². The van der Waals surface area contributed by atoms with Crippen LogP contribution < -0.4 is 0 Å². The zero-order valence-corrected chi connectivity index (χ0v) is 11.7. The van der Waals surface area contributed by atoms with E-state index in [-0.39, 0.29) is 0 Å². The molecule has 0 saturated carbocycles. The second-order valence-electron chi connectivity index (χ2n) is 4.66. The maximum atomic E-state index is 9.12. The van der Waals surface area contributed by atoms with Gasteiger partial charge in [0.1, 0.15) is 11.5 Å². The average molecular weight is 278 g/mol. The summed E-state index contributed by atoms with van der Waals surface area (Å²) in [4.78, 5) is 0. The first-order valence-electron chi connectivity index (χ1n) is 6.80. The van der Waals surface area contributed by atoms with Crippen LogP contribution in [0.4, 0.5) is 0 Å². The van der Waals surface area contributed by atoms with E-state index >= 15 is 0 Å². The number of para-hydroxylation sites is 1. The van der Waals surface area contributed by atoms with Crippen molar-refractivity contribution in [2.45, 2.75) is 6.42 Å². The normalized spacial score (nSPS) is 9.52. The van der Waals surface area contributed by atoms with Gasteiger partial charge in [-0.2, -0.15) is 0 Å². The summed E-state index contributed by atoms with van der Waals surface area (Å²) in [5.41, 5.74) is 2.51. The summed E-state index contributed by atoms with van der Waals surface area (Å²) in [6.45, 7) is 0. The average Bonchev–Trinajstić information content (AvgIpc) is 2.52. The number of phenols is 2. The van der Waals surface area contributed by atoms with Gasteiger partial charge in [-0.25, -0.2) is 0 Å². The quantitative estimate of drug-likeness (QED) is 0.730. The summed E-state index contributed by atoms with van der Waals surface area (Å²) in [5, 5.41) is 17.8. The van der Waals surface area contributed by atoms with Gasteiger partial charge in [0, 0.05) is 0 Å². The Morgan fingerprint density at radius 2 is 0.905 bits per heavy atom. The van der Waals surface area contributed by atoms with E-state index in [0.717, 1.165) is 6.42 Å². The lowest BCUT2D eigenvalue weighted by molar-refractivity contribution is 0.474. The minimum Gasteiger partial charge on any atom is -0.508 e. The van der Waals surface area contributed by atoms with Crippen LogP contribution in [-0.4, -0.2) is 10.2 Å². The number of aromatic hydroxyl groups is 2. The molecule has 0 heterocycles. The van der Waals surface area contributed by atoms with Gasteiger partial charge in [-0.1, -0.05) is 60.7 Å². The Bertz CT molecular complexity index is 631. The van der Waals surface area contributed by atoms with Crippen LogP contribution in [0.3, 0.4) is 0 Å². The second kappa shape index (κ2) is 7.75. The summed E-state index contributed by atoms with van der Waals surface area (Å²) < 4.78 is 0. The van der Waals surface area contributed by atoms with Gasteiger partial charge in [0.2, 0.25) is 0 Å². The fraction of sp³-hybridized carbons (Fsp3) is 0.0526. The first-order chi connectivity index (χ1) is 10.2. The molecule has 0 aliphatic carbocycles. The smallest absolute Gasteiger partial charge is 0.115 e. The van der Waals surface area contributed by atoms with Gasteiger partial charge >= 0.3 is 0 Å². The third-order valence-electron chi connectivity index (χ3n) is 2.94. The van der Waals surface area contributed by atoms with Crippen LogP contribution in [0.1, 0.15) is 11.1 Å². The largest absolute Gasteiger partial charge is 0.508 e. The Morgan fingerprint density at radius 1 is 0.476 bits per heavy atom. The monoisotopic (exact) mass is 278 g/mol. The van der Waals surface area contributed by atoms with E-state index in [0.29, 0.717) is 11.5 Å². The molecule has 2 heteroatoms. The maximum absolute atomic E-state index is 9.12. The lowest BCUT2D eigenvalue weighted by atomic mass is 10.1. The molecule has 0 atom stereocenters. The predicted octanol–water partition coefficient (Wildman–Crippen LogP) is 4.38. The molecule has 2 nitrogen and oxygen atoms in total. The number of rotatable bonds is 2. The molecule has 0 aliphatic heterocycles. The zero-order chi connectivity index (χ0) is 14.9. The molecule has 3 aromatic carbocycles. The molecule has 0 fully saturated rings. The highest BCUT2D eigenvalue weighted by Gasteiger charge is 1.95. The first kappa shape index (κ1) is 14.7. The summed E-state index contributed by atoms with van der Waals surface area (Å²) in [7, 11) is 0. The van der Waals surface area contributed by atoms with Crippen molar-refractivity contribution in [2.24, 2.45) is 0 Å². The molecule has 3 aromatic rings. The van der Waals surface area contributed by atoms with Crippen molar-refractivity contribution in [3.63, 3.8) is 0 Å². The van der Waals surface area contributed by atoms with Gasteiger partial charge in [0.05, 0.1) is 0 Å². The molecule has 3 rings (SSSR count). The molecule has 0 unspecified atom stereocenters. The van der Waals surface area contributed by atoms with Crippen LogP contribution in [0, 0.1) is 0 Å². The second-order valence-corrected chi connectivity index (χ2v) is 4.66. The number of hydrogen-bond donors (Lipinski definition) is 2. The molecular weight excluding hydrogens is 260 g/mol. The highest BCUT2D eigenvalue weighted by atomic mass is 16.3. The van der Waals surface area contributed by atoms with Gasteiger partial charge in [0.15, 0.2) is 0 Å². The van der Waals surface area contributed by atoms with E-state index in [4.69, 9.17) is 10.2 Å². The Morgan fingerprint density at radius 3 is 1.38 bits per heavy atom. The van der Waals surface area contributed by atoms with Crippen molar-refractivity contribution < 1.29 is 10.2 Å². The van der Waals surface area contributed by atoms with Gasteiger partial charge < -0.3 is 10.2 Å². The number of hydrogen-bond acceptors (Lipinski definition) is 2. The third-order valence-corrected chi connectivity index (χ3v) is 2.94. The lowest BCUT2D eigenvalue weighted by Crippen LogP contribution is -1.86. The Labute approximate surface area is 125 Å². The van der Waals surface area contributed by atoms with E-state index in [2.05, 4.69) is 12.1 Å². The molecule has 106 valence electrons. The fourth-order valence-electron chi connectivity index (χ4n) is 1.87. The number of phenolic OH excluding ortho intramolecular Hbond substituents is 2. The Kier molecular flexibility index (Phi) is 5.41. The molecule has 0 bridgehead atoms. The van der Waals surface area contributed by atoms with Crippen LogP contribution in [0.25, 0.3) is 0 Å². The highest BCUT2D eigenvalue weighted by Crippen LogP contribution is 2.13. The van der Waals surface area contributed by atoms with Crippen molar-refractivity contribution in [2.75, 3.05) is 0 Å². The standard InChI is InChI=1S/C13H12O.C6H6O/c14-13-8-6-12(7-9-13)10-11-4-2-1-3-5-11;7-6-4-2-1-3-5-6/h1-9,14H,10H2;1-5,7H. The minimum atomic E-state index is 0.321. The van der Waals surface area contributed by atoms with E-state index in [1.165, 1.54) is 11.1 Å². The summed E-state index contributed by atoms with van der Waals surface area (Å²) in [6.07, 6.45) is 0.918. The molecule has 0 aliphatic rings. The van der Waals surface area contributed by atoms with Gasteiger partial charge in [-0.05, 0) is 41.8 Å². The van der Waals surface area contributed by atoms with Crippen LogP contribution in [0.15, 0.2) is 84.9 Å². The van der Waals surface area contributed by atoms with Crippen molar-refractivity contribution >= 4 is 0 Å². The zero-order valence-electron chi connectivity index (χ0n) is 11.7. The van der Waals surface area contributed by atoms with Gasteiger partial charge in [0.25, 0.3) is 0 Å². The van der Waals surface area contributed by atoms with Gasteiger partial charge in [-0.3, -0.25) is 0 Å². The topological polar surface area (TPSA) is 40.5 Å². The SMILES string of the molecule is Oc1ccc(Cc2ccccc2)cc1.Oc1ccccc1. The Hall–Kier alpha value is -2.74. The fourth-order valence-corrected chi connectivity index (χ4v) is 1.87. The van der Waals surface area contributed by atoms with E-state index in [1.54, 1.807) is 36.4 Å². The molecular formula is C19H18O2. The van der Waals surface area contributed by atoms with Crippen molar-refractivity contribution in [1.82, 2.24) is 0 Å². The third kappa shape index (κ3) is 5.41. The highest BCUT2D eigenvalue weighted by molar-refractivity contribution is 5.30. The first-order valence-corrected chi connectivity index (χ1v) is 6.80. The van der Waals surface area contributed by atoms with Crippen molar-refractivity contribution in [1.29, 1.82) is 0 Å². The van der Waals surface area contributed by atoms with E-state index < -0.39 is 0 Å². The summed E-state index contributed by atoms with van der Waals surface area (Å²) in [5.74, 6) is 0.643. The van der Waals surface area contributed by atoms with Gasteiger partial charge in [-0.15, -0.1) is 0 Å². The summed E-state index contributed by atoms with van der Waals surface area (Å²) in [6, 6.07) is 26.3. The van der Waals surface area contributed by atoms with Crippen LogP contribution in [0.2, 0.25) is 0 Å². The summed E-state index contributed by atoms with van der Waals surface area (Å²) >= 11 is 0. The molecule has 0 radical (unpaired) electrons. The molecule has 2 N–H and O–H groups in total. The predicted molar refractivity (Wildman–Crippen MR) is 85.5 cm³/mol. The minimum absolute atomic E-state index is 0.321. The molecule has 21 heavy (non-hydrogen) atoms. The molecule has 0 aromatic heterocycles. The van der Waals surface area contributed by atoms with E-state index in [9.17, 15) is 0 Å². The number of benzene rings is 3. The lowest BCUT2D eigenvalue weighted by Gasteiger charge is -2.01. The van der Waals surface area contributed by atoms with Crippen LogP contribution >= 0.6 is 0 Å². The molecule has 0 amide bonds. The van der Waals surface area contributed by atoms with Crippen LogP contribution in [0.5, 0.6) is 11.5 Å². The Balaban J connectivity index is 0.000000194. The molecule has 0 saturated heterocycles. The van der Waals surface area contributed by atoms with E-state index in [1.807, 2.05) is 36.4 Å². The molecule has 0 spiro atoms. The van der Waals surface area contributed by atoms with Crippen LogP contribution in [-0.2, 0) is 6.42 Å². The van der Waals surface area contributed by atoms with Crippen molar-refractivity contribution in [3.05, 3.63) is 96.1 Å². The maximum Gasteiger partial charge on any atom is 0.115 e.